The van der Waals surface area contributed by atoms with Crippen LogP contribution in [0.3, 0.4) is 0 Å². The Hall–Kier alpha value is -2.54. The van der Waals surface area contributed by atoms with Crippen molar-refractivity contribution < 1.29 is 4.74 Å². The molecule has 3 rings (SSSR count). The molecule has 0 unspecified atom stereocenters. The number of ether oxygens (including phenoxy) is 1. The number of hydrogen-bond acceptors (Lipinski definition) is 4. The molecule has 0 amide bonds. The van der Waals surface area contributed by atoms with Gasteiger partial charge in [0.2, 0.25) is 0 Å². The zero-order valence-electron chi connectivity index (χ0n) is 13.1. The van der Waals surface area contributed by atoms with E-state index >= 15 is 0 Å². The van der Waals surface area contributed by atoms with Crippen LogP contribution in [0.2, 0.25) is 0 Å². The lowest BCUT2D eigenvalue weighted by Gasteiger charge is -2.11. The van der Waals surface area contributed by atoms with Gasteiger partial charge in [-0.05, 0) is 17.7 Å². The van der Waals surface area contributed by atoms with Crippen LogP contribution in [0.15, 0.2) is 47.0 Å². The molecule has 7 heteroatoms. The summed E-state index contributed by atoms with van der Waals surface area (Å²) in [6, 6.07) is 7.96. The fraction of sp³-hybridized carbons (Fsp3) is 0.250. The number of fused-ring (bicyclic) bond motifs is 1. The van der Waals surface area contributed by atoms with Crippen LogP contribution in [0.25, 0.3) is 4.96 Å². The Morgan fingerprint density at radius 3 is 3.00 bits per heavy atom. The van der Waals surface area contributed by atoms with Crippen LogP contribution in [0.5, 0.6) is 5.75 Å². The summed E-state index contributed by atoms with van der Waals surface area (Å²) < 4.78 is 7.25. The number of rotatable bonds is 5. The maximum absolute atomic E-state index is 5.23. The van der Waals surface area contributed by atoms with Crippen molar-refractivity contribution in [1.29, 1.82) is 0 Å². The lowest BCUT2D eigenvalue weighted by atomic mass is 10.2. The summed E-state index contributed by atoms with van der Waals surface area (Å²) in [6.45, 7) is 1.31. The molecule has 0 spiro atoms. The minimum absolute atomic E-state index is 0.631. The predicted octanol–water partition coefficient (Wildman–Crippen LogP) is 2.27. The Labute approximate surface area is 138 Å². The number of hydrogen-bond donors (Lipinski definition) is 2. The maximum Gasteiger partial charge on any atom is 0.193 e. The summed E-state index contributed by atoms with van der Waals surface area (Å²) in [4.78, 5) is 9.77. The van der Waals surface area contributed by atoms with Gasteiger partial charge < -0.3 is 15.4 Å². The second-order valence-electron chi connectivity index (χ2n) is 4.96. The van der Waals surface area contributed by atoms with Crippen LogP contribution in [-0.2, 0) is 13.1 Å². The molecular formula is C16H19N5OS. The number of guanidine groups is 1. The van der Waals surface area contributed by atoms with E-state index in [4.69, 9.17) is 4.74 Å². The van der Waals surface area contributed by atoms with Crippen LogP contribution in [0, 0.1) is 0 Å². The standard InChI is InChI=1S/C16H19N5OS/c1-17-15(18-9-12-4-3-5-14(8-12)22-2)19-10-13-11-21-6-7-23-16(21)20-13/h3-8,11H,9-10H2,1-2H3,(H2,17,18,19). The number of nitrogens with one attached hydrogen (secondary N) is 2. The van der Waals surface area contributed by atoms with Crippen molar-refractivity contribution in [2.45, 2.75) is 13.1 Å². The Balaban J connectivity index is 1.54. The highest BCUT2D eigenvalue weighted by molar-refractivity contribution is 7.15. The number of nitrogens with zero attached hydrogens (tertiary/aromatic N) is 3. The summed E-state index contributed by atoms with van der Waals surface area (Å²) in [6.07, 6.45) is 4.03. The van der Waals surface area contributed by atoms with Crippen molar-refractivity contribution in [3.63, 3.8) is 0 Å². The molecule has 2 heterocycles. The third kappa shape index (κ3) is 3.81. The Morgan fingerprint density at radius 2 is 2.22 bits per heavy atom. The monoisotopic (exact) mass is 329 g/mol. The number of aliphatic imine (C=N–C) groups is 1. The van der Waals surface area contributed by atoms with Crippen LogP contribution < -0.4 is 15.4 Å². The molecule has 6 nitrogen and oxygen atoms in total. The maximum atomic E-state index is 5.23. The number of aromatic nitrogens is 2. The second-order valence-corrected chi connectivity index (χ2v) is 5.83. The quantitative estimate of drug-likeness (QED) is 0.557. The summed E-state index contributed by atoms with van der Waals surface area (Å²) in [5.74, 6) is 1.59. The molecule has 23 heavy (non-hydrogen) atoms. The molecule has 2 N–H and O–H groups in total. The molecule has 3 aromatic rings. The van der Waals surface area contributed by atoms with E-state index in [-0.39, 0.29) is 0 Å². The Kier molecular flexibility index (Phi) is 4.77. The van der Waals surface area contributed by atoms with Crippen LogP contribution in [-0.4, -0.2) is 29.5 Å². The molecule has 0 aliphatic heterocycles. The number of benzene rings is 1. The van der Waals surface area contributed by atoms with E-state index in [0.717, 1.165) is 27.9 Å². The summed E-state index contributed by atoms with van der Waals surface area (Å²) in [7, 11) is 3.43. The summed E-state index contributed by atoms with van der Waals surface area (Å²) in [5, 5.41) is 8.58. The Morgan fingerprint density at radius 1 is 1.35 bits per heavy atom. The van der Waals surface area contributed by atoms with Gasteiger partial charge in [0, 0.05) is 31.4 Å². The van der Waals surface area contributed by atoms with Crippen LogP contribution in [0.4, 0.5) is 0 Å². The molecule has 0 atom stereocenters. The van der Waals surface area contributed by atoms with Crippen molar-refractivity contribution in [1.82, 2.24) is 20.0 Å². The van der Waals surface area contributed by atoms with Crippen molar-refractivity contribution in [3.8, 4) is 5.75 Å². The van der Waals surface area contributed by atoms with Gasteiger partial charge in [-0.3, -0.25) is 9.39 Å². The number of imidazole rings is 1. The molecule has 0 radical (unpaired) electrons. The van der Waals surface area contributed by atoms with E-state index in [0.29, 0.717) is 13.1 Å². The smallest absolute Gasteiger partial charge is 0.193 e. The van der Waals surface area contributed by atoms with Gasteiger partial charge in [-0.25, -0.2) is 4.98 Å². The first-order valence-corrected chi connectivity index (χ1v) is 8.15. The second kappa shape index (κ2) is 7.15. The molecule has 0 saturated carbocycles. The van der Waals surface area contributed by atoms with Crippen molar-refractivity contribution >= 4 is 22.3 Å². The fourth-order valence-electron chi connectivity index (χ4n) is 2.22. The Bertz CT molecular complexity index is 779. The zero-order chi connectivity index (χ0) is 16.1. The molecule has 0 fully saturated rings. The zero-order valence-corrected chi connectivity index (χ0v) is 13.9. The van der Waals surface area contributed by atoms with Crippen LogP contribution in [0.1, 0.15) is 11.3 Å². The molecule has 0 aliphatic carbocycles. The van der Waals surface area contributed by atoms with Gasteiger partial charge in [0.15, 0.2) is 10.9 Å². The average Bonchev–Trinajstić information content (AvgIpc) is 3.16. The highest BCUT2D eigenvalue weighted by Crippen LogP contribution is 2.12. The summed E-state index contributed by atoms with van der Waals surface area (Å²) in [5.41, 5.74) is 2.12. The minimum atomic E-state index is 0.631. The van der Waals surface area contributed by atoms with E-state index in [9.17, 15) is 0 Å². The van der Waals surface area contributed by atoms with Gasteiger partial charge in [0.25, 0.3) is 0 Å². The topological polar surface area (TPSA) is 63.0 Å². The molecule has 120 valence electrons. The number of methoxy groups -OCH3 is 1. The van der Waals surface area contributed by atoms with E-state index in [1.54, 1.807) is 25.5 Å². The van der Waals surface area contributed by atoms with Crippen LogP contribution >= 0.6 is 11.3 Å². The van der Waals surface area contributed by atoms with Gasteiger partial charge in [-0.1, -0.05) is 12.1 Å². The van der Waals surface area contributed by atoms with Gasteiger partial charge >= 0.3 is 0 Å². The predicted molar refractivity (Wildman–Crippen MR) is 93.1 cm³/mol. The first-order chi connectivity index (χ1) is 11.3. The fourth-order valence-corrected chi connectivity index (χ4v) is 2.94. The average molecular weight is 329 g/mol. The van der Waals surface area contributed by atoms with E-state index < -0.39 is 0 Å². The van der Waals surface area contributed by atoms with Gasteiger partial charge in [0.1, 0.15) is 5.75 Å². The minimum Gasteiger partial charge on any atom is -0.497 e. The van der Waals surface area contributed by atoms with E-state index in [1.165, 1.54) is 0 Å². The van der Waals surface area contributed by atoms with Crippen molar-refractivity contribution in [3.05, 3.63) is 53.3 Å². The normalized spacial score (nSPS) is 11.7. The lowest BCUT2D eigenvalue weighted by Crippen LogP contribution is -2.36. The van der Waals surface area contributed by atoms with Crippen molar-refractivity contribution in [2.75, 3.05) is 14.2 Å². The molecule has 0 aliphatic rings. The van der Waals surface area contributed by atoms with E-state index in [1.807, 2.05) is 46.4 Å². The molecule has 0 saturated heterocycles. The van der Waals surface area contributed by atoms with Gasteiger partial charge in [-0.2, -0.15) is 0 Å². The largest absolute Gasteiger partial charge is 0.497 e. The SMILES string of the molecule is CN=C(NCc1cccc(OC)c1)NCc1cn2ccsc2n1. The van der Waals surface area contributed by atoms with Gasteiger partial charge in [0.05, 0.1) is 19.3 Å². The number of thiazole rings is 1. The third-order valence-electron chi connectivity index (χ3n) is 3.40. The lowest BCUT2D eigenvalue weighted by molar-refractivity contribution is 0.414. The highest BCUT2D eigenvalue weighted by atomic mass is 32.1. The molecule has 0 bridgehead atoms. The highest BCUT2D eigenvalue weighted by Gasteiger charge is 2.04. The summed E-state index contributed by atoms with van der Waals surface area (Å²) >= 11 is 1.63. The first kappa shape index (κ1) is 15.4. The molecule has 1 aromatic carbocycles. The van der Waals surface area contributed by atoms with Crippen molar-refractivity contribution in [2.24, 2.45) is 4.99 Å². The first-order valence-electron chi connectivity index (χ1n) is 7.27. The molecular weight excluding hydrogens is 310 g/mol. The van der Waals surface area contributed by atoms with Gasteiger partial charge in [-0.15, -0.1) is 11.3 Å². The van der Waals surface area contributed by atoms with E-state index in [2.05, 4.69) is 20.6 Å². The third-order valence-corrected chi connectivity index (χ3v) is 4.17. The molecule has 2 aromatic heterocycles.